The van der Waals surface area contributed by atoms with Crippen molar-refractivity contribution in [2.45, 2.75) is 27.7 Å². The number of carbonyl (C=O) groups is 1. The zero-order valence-electron chi connectivity index (χ0n) is 9.48. The van der Waals surface area contributed by atoms with Crippen molar-refractivity contribution in [3.05, 3.63) is 11.8 Å². The fraction of sp³-hybridized carbons (Fsp3) is 0.667. The van der Waals surface area contributed by atoms with Crippen molar-refractivity contribution in [3.8, 4) is 0 Å². The summed E-state index contributed by atoms with van der Waals surface area (Å²) in [4.78, 5) is 10.7. The Morgan fingerprint density at radius 3 is 2.00 bits per heavy atom. The van der Waals surface area contributed by atoms with Crippen LogP contribution >= 0.6 is 7.82 Å². The lowest BCUT2D eigenvalue weighted by Gasteiger charge is -2.16. The van der Waals surface area contributed by atoms with Crippen molar-refractivity contribution in [1.82, 2.24) is 0 Å². The molecule has 0 amide bonds. The van der Waals surface area contributed by atoms with Gasteiger partial charge >= 0.3 is 7.82 Å². The Bertz CT molecular complexity index is 274. The summed E-state index contributed by atoms with van der Waals surface area (Å²) in [5.41, 5.74) is 0. The van der Waals surface area contributed by atoms with Crippen molar-refractivity contribution < 1.29 is 22.9 Å². The number of allylic oxidation sites excluding steroid dienone is 2. The van der Waals surface area contributed by atoms with Gasteiger partial charge in [-0.3, -0.25) is 13.8 Å². The van der Waals surface area contributed by atoms with Crippen molar-refractivity contribution in [3.63, 3.8) is 0 Å². The molecule has 0 aliphatic rings. The lowest BCUT2D eigenvalue weighted by atomic mass is 10.4. The third-order valence-electron chi connectivity index (χ3n) is 1.24. The van der Waals surface area contributed by atoms with E-state index in [9.17, 15) is 9.36 Å². The maximum atomic E-state index is 11.8. The SMILES string of the molecule is CCOP(=O)(OCC)O/C(C)=C/C(C)=O. The summed E-state index contributed by atoms with van der Waals surface area (Å²) in [7, 11) is -3.55. The maximum Gasteiger partial charge on any atom is 0.529 e. The molecule has 0 rings (SSSR count). The highest BCUT2D eigenvalue weighted by Crippen LogP contribution is 2.50. The summed E-state index contributed by atoms with van der Waals surface area (Å²) in [6.45, 7) is 6.68. The standard InChI is InChI=1S/C9H17O5P/c1-5-12-15(11,13-6-2)14-9(4)7-8(3)10/h7H,5-6H2,1-4H3/b9-7+. The van der Waals surface area contributed by atoms with Crippen LogP contribution in [0.5, 0.6) is 0 Å². The minimum atomic E-state index is -3.55. The molecule has 0 radical (unpaired) electrons. The number of carbonyl (C=O) groups excluding carboxylic acids is 1. The lowest BCUT2D eigenvalue weighted by molar-refractivity contribution is -0.112. The van der Waals surface area contributed by atoms with Crippen LogP contribution in [0.2, 0.25) is 0 Å². The van der Waals surface area contributed by atoms with Gasteiger partial charge in [0.05, 0.1) is 13.2 Å². The molecule has 5 nitrogen and oxygen atoms in total. The Kier molecular flexibility index (Phi) is 6.48. The van der Waals surface area contributed by atoms with Gasteiger partial charge < -0.3 is 4.52 Å². The number of ketones is 1. The smallest absolute Gasteiger partial charge is 0.409 e. The van der Waals surface area contributed by atoms with Crippen LogP contribution in [0.1, 0.15) is 27.7 Å². The maximum absolute atomic E-state index is 11.8. The average molecular weight is 236 g/mol. The van der Waals surface area contributed by atoms with Crippen molar-refractivity contribution in [2.75, 3.05) is 13.2 Å². The van der Waals surface area contributed by atoms with Crippen LogP contribution < -0.4 is 0 Å². The molecular weight excluding hydrogens is 219 g/mol. The van der Waals surface area contributed by atoms with Gasteiger partial charge in [-0.25, -0.2) is 4.57 Å². The van der Waals surface area contributed by atoms with Crippen LogP contribution in [0.15, 0.2) is 11.8 Å². The van der Waals surface area contributed by atoms with Crippen LogP contribution in [-0.4, -0.2) is 19.0 Å². The van der Waals surface area contributed by atoms with Crippen molar-refractivity contribution in [2.24, 2.45) is 0 Å². The molecule has 88 valence electrons. The first kappa shape index (κ1) is 14.4. The second-order valence-electron chi connectivity index (χ2n) is 2.74. The molecule has 0 fully saturated rings. The molecule has 0 aromatic rings. The molecule has 0 aliphatic heterocycles. The van der Waals surface area contributed by atoms with Crippen LogP contribution in [0, 0.1) is 0 Å². The normalized spacial score (nSPS) is 12.7. The molecule has 0 spiro atoms. The summed E-state index contributed by atoms with van der Waals surface area (Å²) in [5.74, 6) is 0.0276. The Morgan fingerprint density at radius 1 is 1.20 bits per heavy atom. The largest absolute Gasteiger partial charge is 0.529 e. The summed E-state index contributed by atoms with van der Waals surface area (Å²) in [6.07, 6.45) is 1.23. The fourth-order valence-corrected chi connectivity index (χ4v) is 2.11. The molecule has 15 heavy (non-hydrogen) atoms. The van der Waals surface area contributed by atoms with Crippen molar-refractivity contribution in [1.29, 1.82) is 0 Å². The van der Waals surface area contributed by atoms with Gasteiger partial charge in [0.2, 0.25) is 0 Å². The molecule has 6 heteroatoms. The van der Waals surface area contributed by atoms with E-state index in [1.54, 1.807) is 13.8 Å². The molecule has 0 aromatic carbocycles. The number of hydrogen-bond donors (Lipinski definition) is 0. The minimum Gasteiger partial charge on any atom is -0.409 e. The molecule has 0 saturated heterocycles. The van der Waals surface area contributed by atoms with E-state index in [0.717, 1.165) is 0 Å². The molecule has 0 saturated carbocycles. The first-order valence-corrected chi connectivity index (χ1v) is 6.17. The molecule has 0 heterocycles. The zero-order valence-corrected chi connectivity index (χ0v) is 10.4. The van der Waals surface area contributed by atoms with Crippen LogP contribution in [-0.2, 0) is 22.9 Å². The second-order valence-corrected chi connectivity index (χ2v) is 4.33. The number of hydrogen-bond acceptors (Lipinski definition) is 5. The quantitative estimate of drug-likeness (QED) is 0.386. The predicted octanol–water partition coefficient (Wildman–Crippen LogP) is 2.68. The summed E-state index contributed by atoms with van der Waals surface area (Å²) in [5, 5.41) is 0. The third-order valence-corrected chi connectivity index (χ3v) is 2.90. The highest BCUT2D eigenvalue weighted by molar-refractivity contribution is 7.48. The van der Waals surface area contributed by atoms with E-state index in [1.807, 2.05) is 0 Å². The van der Waals surface area contributed by atoms with Crippen LogP contribution in [0.3, 0.4) is 0 Å². The van der Waals surface area contributed by atoms with Crippen molar-refractivity contribution >= 4 is 13.6 Å². The number of phosphoric acid groups is 1. The fourth-order valence-electron chi connectivity index (χ4n) is 0.895. The zero-order chi connectivity index (χ0) is 11.9. The van der Waals surface area contributed by atoms with Gasteiger partial charge in [-0.1, -0.05) is 0 Å². The highest BCUT2D eigenvalue weighted by atomic mass is 31.2. The number of rotatable bonds is 7. The van der Waals surface area contributed by atoms with Gasteiger partial charge in [0.15, 0.2) is 5.78 Å². The van der Waals surface area contributed by atoms with Gasteiger partial charge in [0.1, 0.15) is 5.76 Å². The van der Waals surface area contributed by atoms with E-state index in [1.165, 1.54) is 19.9 Å². The molecular formula is C9H17O5P. The average Bonchev–Trinajstić information content (AvgIpc) is 2.01. The first-order chi connectivity index (χ1) is 6.93. The van der Waals surface area contributed by atoms with Crippen LogP contribution in [0.4, 0.5) is 0 Å². The lowest BCUT2D eigenvalue weighted by Crippen LogP contribution is -2.00. The molecule has 0 aromatic heterocycles. The van der Waals surface area contributed by atoms with Gasteiger partial charge in [-0.05, 0) is 27.7 Å². The monoisotopic (exact) mass is 236 g/mol. The van der Waals surface area contributed by atoms with Gasteiger partial charge in [-0.2, -0.15) is 0 Å². The van der Waals surface area contributed by atoms with E-state index in [4.69, 9.17) is 13.6 Å². The Labute approximate surface area is 90.0 Å². The van der Waals surface area contributed by atoms with E-state index in [2.05, 4.69) is 0 Å². The summed E-state index contributed by atoms with van der Waals surface area (Å²) >= 11 is 0. The van der Waals surface area contributed by atoms with E-state index in [-0.39, 0.29) is 24.8 Å². The van der Waals surface area contributed by atoms with E-state index in [0.29, 0.717) is 0 Å². The predicted molar refractivity (Wildman–Crippen MR) is 56.4 cm³/mol. The van der Waals surface area contributed by atoms with Gasteiger partial charge in [-0.15, -0.1) is 0 Å². The topological polar surface area (TPSA) is 61.8 Å². The number of phosphoric ester groups is 1. The molecule has 0 N–H and O–H groups in total. The first-order valence-electron chi connectivity index (χ1n) is 4.71. The Hall–Kier alpha value is -0.640. The van der Waals surface area contributed by atoms with Gasteiger partial charge in [0.25, 0.3) is 0 Å². The highest BCUT2D eigenvalue weighted by Gasteiger charge is 2.27. The third kappa shape index (κ3) is 6.44. The van der Waals surface area contributed by atoms with E-state index < -0.39 is 7.82 Å². The summed E-state index contributed by atoms with van der Waals surface area (Å²) < 4.78 is 26.5. The Balaban J connectivity index is 4.54. The Morgan fingerprint density at radius 2 is 1.67 bits per heavy atom. The van der Waals surface area contributed by atoms with Crippen LogP contribution in [0.25, 0.3) is 0 Å². The minimum absolute atomic E-state index is 0.188. The molecule has 0 unspecified atom stereocenters. The van der Waals surface area contributed by atoms with E-state index >= 15 is 0 Å². The molecule has 0 aliphatic carbocycles. The second kappa shape index (κ2) is 6.77. The van der Waals surface area contributed by atoms with Gasteiger partial charge in [0, 0.05) is 6.08 Å². The molecule has 0 atom stereocenters. The molecule has 0 bridgehead atoms. The summed E-state index contributed by atoms with van der Waals surface area (Å²) in [6, 6.07) is 0.